The van der Waals surface area contributed by atoms with Crippen molar-refractivity contribution in [3.63, 3.8) is 0 Å². The largest absolute Gasteiger partial charge is 0.204 e. The average molecular weight is 278 g/mol. The van der Waals surface area contributed by atoms with E-state index >= 15 is 0 Å². The summed E-state index contributed by atoms with van der Waals surface area (Å²) >= 11 is 3.36. The van der Waals surface area contributed by atoms with E-state index in [9.17, 15) is 0 Å². The Hall–Kier alpha value is -1.74. The molecule has 0 saturated heterocycles. The lowest BCUT2D eigenvalue weighted by molar-refractivity contribution is 0.531. The quantitative estimate of drug-likeness (QED) is 0.861. The van der Waals surface area contributed by atoms with Crippen molar-refractivity contribution in [2.45, 2.75) is 13.0 Å². The first-order valence-electron chi connectivity index (χ1n) is 4.70. The van der Waals surface area contributed by atoms with Crippen molar-refractivity contribution in [1.29, 1.82) is 5.26 Å². The summed E-state index contributed by atoms with van der Waals surface area (Å²) in [6, 6.07) is 9.71. The molecule has 16 heavy (non-hydrogen) atoms. The van der Waals surface area contributed by atoms with Crippen LogP contribution in [0.25, 0.3) is 11.4 Å². The Balaban J connectivity index is 2.18. The van der Waals surface area contributed by atoms with E-state index in [1.807, 2.05) is 30.3 Å². The molecule has 0 bridgehead atoms. The van der Waals surface area contributed by atoms with Gasteiger partial charge in [-0.25, -0.2) is 0 Å². The van der Waals surface area contributed by atoms with Crippen molar-refractivity contribution in [3.8, 4) is 17.5 Å². The van der Waals surface area contributed by atoms with Gasteiger partial charge in [-0.2, -0.15) is 10.1 Å². The van der Waals surface area contributed by atoms with Crippen molar-refractivity contribution in [3.05, 3.63) is 28.7 Å². The summed E-state index contributed by atoms with van der Waals surface area (Å²) in [5.41, 5.74) is 0.909. The van der Waals surface area contributed by atoms with Crippen LogP contribution in [0.1, 0.15) is 6.42 Å². The van der Waals surface area contributed by atoms with Crippen LogP contribution in [-0.2, 0) is 6.54 Å². The summed E-state index contributed by atoms with van der Waals surface area (Å²) < 4.78 is 1.01. The SMILES string of the molecule is N#CCCn1nnc(-c2ccc(Br)cc2)n1. The third-order valence-corrected chi connectivity index (χ3v) is 2.51. The molecule has 2 aromatic rings. The second-order valence-corrected chi connectivity index (χ2v) is 4.04. The van der Waals surface area contributed by atoms with Crippen LogP contribution in [0, 0.1) is 11.3 Å². The number of tetrazole rings is 1. The Kier molecular flexibility index (Phi) is 3.27. The van der Waals surface area contributed by atoms with Crippen LogP contribution in [0.5, 0.6) is 0 Å². The Morgan fingerprint density at radius 1 is 1.31 bits per heavy atom. The summed E-state index contributed by atoms with van der Waals surface area (Å²) in [4.78, 5) is 1.43. The molecule has 0 atom stereocenters. The van der Waals surface area contributed by atoms with Crippen LogP contribution in [0.3, 0.4) is 0 Å². The molecule has 1 heterocycles. The third kappa shape index (κ3) is 2.44. The van der Waals surface area contributed by atoms with Gasteiger partial charge >= 0.3 is 0 Å². The highest BCUT2D eigenvalue weighted by Gasteiger charge is 2.04. The smallest absolute Gasteiger partial charge is 0.198 e. The molecule has 0 N–H and O–H groups in total. The van der Waals surface area contributed by atoms with Gasteiger partial charge in [0.2, 0.25) is 5.82 Å². The lowest BCUT2D eigenvalue weighted by atomic mass is 10.2. The lowest BCUT2D eigenvalue weighted by Crippen LogP contribution is -2.01. The zero-order valence-corrected chi connectivity index (χ0v) is 9.92. The molecule has 0 radical (unpaired) electrons. The van der Waals surface area contributed by atoms with Crippen LogP contribution in [0.4, 0.5) is 0 Å². The van der Waals surface area contributed by atoms with Crippen molar-refractivity contribution >= 4 is 15.9 Å². The summed E-state index contributed by atoms with van der Waals surface area (Å²) in [7, 11) is 0. The minimum absolute atomic E-state index is 0.385. The zero-order chi connectivity index (χ0) is 11.4. The van der Waals surface area contributed by atoms with Gasteiger partial charge in [0, 0.05) is 10.0 Å². The zero-order valence-electron chi connectivity index (χ0n) is 8.34. The molecule has 0 aliphatic heterocycles. The normalized spacial score (nSPS) is 10.0. The molecule has 0 amide bonds. The van der Waals surface area contributed by atoms with E-state index in [2.05, 4.69) is 31.3 Å². The van der Waals surface area contributed by atoms with Gasteiger partial charge in [0.05, 0.1) is 19.0 Å². The van der Waals surface area contributed by atoms with Gasteiger partial charge in [-0.15, -0.1) is 10.2 Å². The monoisotopic (exact) mass is 277 g/mol. The maximum absolute atomic E-state index is 8.44. The van der Waals surface area contributed by atoms with Crippen LogP contribution in [-0.4, -0.2) is 20.2 Å². The van der Waals surface area contributed by atoms with E-state index in [0.29, 0.717) is 18.8 Å². The molecule has 5 nitrogen and oxygen atoms in total. The number of nitriles is 1. The molecular formula is C10H8BrN5. The van der Waals surface area contributed by atoms with Gasteiger partial charge in [0.25, 0.3) is 0 Å². The molecule has 0 unspecified atom stereocenters. The lowest BCUT2D eigenvalue weighted by Gasteiger charge is -1.94. The fourth-order valence-corrected chi connectivity index (χ4v) is 1.47. The van der Waals surface area contributed by atoms with Gasteiger partial charge < -0.3 is 0 Å². The van der Waals surface area contributed by atoms with Crippen LogP contribution in [0.2, 0.25) is 0 Å². The van der Waals surface area contributed by atoms with Gasteiger partial charge in [-0.3, -0.25) is 0 Å². The fraction of sp³-hybridized carbons (Fsp3) is 0.200. The Morgan fingerprint density at radius 2 is 2.06 bits per heavy atom. The number of rotatable bonds is 3. The molecule has 2 rings (SSSR count). The first-order valence-corrected chi connectivity index (χ1v) is 5.49. The topological polar surface area (TPSA) is 67.4 Å². The first kappa shape index (κ1) is 10.8. The standard InChI is InChI=1S/C10H8BrN5/c11-9-4-2-8(3-5-9)10-13-15-16(14-10)7-1-6-12/h2-5H,1,7H2. The van der Waals surface area contributed by atoms with Gasteiger partial charge in [-0.1, -0.05) is 15.9 Å². The average Bonchev–Trinajstić information content (AvgIpc) is 2.76. The number of hydrogen-bond donors (Lipinski definition) is 0. The molecule has 0 spiro atoms. The number of aromatic nitrogens is 4. The van der Waals surface area contributed by atoms with E-state index in [1.54, 1.807) is 0 Å². The van der Waals surface area contributed by atoms with Crippen molar-refractivity contribution in [2.75, 3.05) is 0 Å². The van der Waals surface area contributed by atoms with Crippen molar-refractivity contribution in [1.82, 2.24) is 20.2 Å². The molecule has 6 heteroatoms. The third-order valence-electron chi connectivity index (χ3n) is 1.98. The maximum Gasteiger partial charge on any atom is 0.204 e. The van der Waals surface area contributed by atoms with Crippen LogP contribution in [0.15, 0.2) is 28.7 Å². The highest BCUT2D eigenvalue weighted by atomic mass is 79.9. The van der Waals surface area contributed by atoms with E-state index in [-0.39, 0.29) is 0 Å². The molecule has 0 fully saturated rings. The van der Waals surface area contributed by atoms with Gasteiger partial charge in [0.15, 0.2) is 0 Å². The minimum Gasteiger partial charge on any atom is -0.198 e. The molecule has 80 valence electrons. The highest BCUT2D eigenvalue weighted by molar-refractivity contribution is 9.10. The Labute approximate surface area is 101 Å². The van der Waals surface area contributed by atoms with E-state index < -0.39 is 0 Å². The van der Waals surface area contributed by atoms with Crippen molar-refractivity contribution < 1.29 is 0 Å². The van der Waals surface area contributed by atoms with Crippen LogP contribution >= 0.6 is 15.9 Å². The molecule has 0 saturated carbocycles. The Morgan fingerprint density at radius 3 is 2.75 bits per heavy atom. The summed E-state index contributed by atoms with van der Waals surface area (Å²) in [5.74, 6) is 0.574. The number of nitrogens with zero attached hydrogens (tertiary/aromatic N) is 5. The predicted octanol–water partition coefficient (Wildman–Crippen LogP) is 2.02. The van der Waals surface area contributed by atoms with E-state index in [1.165, 1.54) is 4.80 Å². The summed E-state index contributed by atoms with van der Waals surface area (Å²) in [6.45, 7) is 0.472. The molecule has 1 aromatic carbocycles. The summed E-state index contributed by atoms with van der Waals surface area (Å²) in [6.07, 6.45) is 0.385. The van der Waals surface area contributed by atoms with Crippen molar-refractivity contribution in [2.24, 2.45) is 0 Å². The Bertz CT molecular complexity index is 511. The fourth-order valence-electron chi connectivity index (χ4n) is 1.20. The second-order valence-electron chi connectivity index (χ2n) is 3.12. The number of aryl methyl sites for hydroxylation is 1. The second kappa shape index (κ2) is 4.86. The summed E-state index contributed by atoms with van der Waals surface area (Å²) in [5, 5.41) is 20.4. The minimum atomic E-state index is 0.385. The number of hydrogen-bond acceptors (Lipinski definition) is 4. The van der Waals surface area contributed by atoms with Gasteiger partial charge in [0.1, 0.15) is 0 Å². The predicted molar refractivity (Wildman–Crippen MR) is 61.2 cm³/mol. The van der Waals surface area contributed by atoms with Crippen LogP contribution < -0.4 is 0 Å². The molecule has 1 aromatic heterocycles. The molecular weight excluding hydrogens is 270 g/mol. The maximum atomic E-state index is 8.44. The van der Waals surface area contributed by atoms with Gasteiger partial charge in [-0.05, 0) is 29.5 Å². The molecule has 0 aliphatic carbocycles. The highest BCUT2D eigenvalue weighted by Crippen LogP contribution is 2.17. The number of benzene rings is 1. The first-order chi connectivity index (χ1) is 7.79. The number of halogens is 1. The van der Waals surface area contributed by atoms with E-state index in [4.69, 9.17) is 5.26 Å². The van der Waals surface area contributed by atoms with E-state index in [0.717, 1.165) is 10.0 Å². The molecule has 0 aliphatic rings.